The summed E-state index contributed by atoms with van der Waals surface area (Å²) in [4.78, 5) is 0. The van der Waals surface area contributed by atoms with E-state index < -0.39 is 0 Å². The van der Waals surface area contributed by atoms with Gasteiger partial charge in [0.2, 0.25) is 0 Å². The van der Waals surface area contributed by atoms with Gasteiger partial charge in [-0.05, 0) is 31.1 Å². The van der Waals surface area contributed by atoms with Gasteiger partial charge in [0, 0.05) is 6.04 Å². The lowest BCUT2D eigenvalue weighted by Crippen LogP contribution is -2.49. The minimum absolute atomic E-state index is 0.160. The molecule has 0 amide bonds. The summed E-state index contributed by atoms with van der Waals surface area (Å²) in [6.45, 7) is 5.80. The molecule has 1 saturated heterocycles. The van der Waals surface area contributed by atoms with Gasteiger partial charge in [-0.15, -0.1) is 0 Å². The van der Waals surface area contributed by atoms with Crippen LogP contribution >= 0.6 is 0 Å². The molecule has 0 aromatic carbocycles. The van der Waals surface area contributed by atoms with Gasteiger partial charge in [-0.1, -0.05) is 20.3 Å². The maximum absolute atomic E-state index is 9.74. The fourth-order valence-electron chi connectivity index (χ4n) is 3.15. The van der Waals surface area contributed by atoms with Gasteiger partial charge in [0.1, 0.15) is 0 Å². The Morgan fingerprint density at radius 3 is 2.69 bits per heavy atom. The van der Waals surface area contributed by atoms with E-state index in [1.54, 1.807) is 0 Å². The molecule has 2 N–H and O–H groups in total. The molecule has 94 valence electrons. The Bertz CT molecular complexity index is 222. The van der Waals surface area contributed by atoms with Crippen LogP contribution in [0.25, 0.3) is 0 Å². The van der Waals surface area contributed by atoms with Gasteiger partial charge < -0.3 is 15.2 Å². The SMILES string of the molecule is CCC1CC(C)CCC1NC1COCC1O. The van der Waals surface area contributed by atoms with Crippen LogP contribution in [-0.4, -0.2) is 36.5 Å². The zero-order valence-corrected chi connectivity index (χ0v) is 10.5. The van der Waals surface area contributed by atoms with Gasteiger partial charge >= 0.3 is 0 Å². The lowest BCUT2D eigenvalue weighted by molar-refractivity contribution is 0.115. The first-order chi connectivity index (χ1) is 7.70. The highest BCUT2D eigenvalue weighted by Gasteiger charge is 2.33. The molecule has 5 unspecified atom stereocenters. The molecule has 0 spiro atoms. The number of ether oxygens (including phenoxy) is 1. The van der Waals surface area contributed by atoms with Crippen molar-refractivity contribution < 1.29 is 9.84 Å². The largest absolute Gasteiger partial charge is 0.389 e. The molecule has 1 aliphatic carbocycles. The predicted octanol–water partition coefficient (Wildman–Crippen LogP) is 1.55. The zero-order valence-electron chi connectivity index (χ0n) is 10.5. The van der Waals surface area contributed by atoms with Crippen molar-refractivity contribution in [1.82, 2.24) is 5.32 Å². The molecular weight excluding hydrogens is 202 g/mol. The fraction of sp³-hybridized carbons (Fsp3) is 1.00. The van der Waals surface area contributed by atoms with E-state index in [0.717, 1.165) is 11.8 Å². The maximum atomic E-state index is 9.74. The smallest absolute Gasteiger partial charge is 0.0948 e. The summed E-state index contributed by atoms with van der Waals surface area (Å²) in [7, 11) is 0. The molecule has 3 nitrogen and oxygen atoms in total. The van der Waals surface area contributed by atoms with Gasteiger partial charge in [0.15, 0.2) is 0 Å². The topological polar surface area (TPSA) is 41.5 Å². The van der Waals surface area contributed by atoms with E-state index in [1.807, 2.05) is 0 Å². The van der Waals surface area contributed by atoms with Crippen molar-refractivity contribution in [2.45, 2.75) is 57.7 Å². The summed E-state index contributed by atoms with van der Waals surface area (Å²) in [5.41, 5.74) is 0. The molecule has 3 heteroatoms. The average molecular weight is 227 g/mol. The number of nitrogens with one attached hydrogen (secondary N) is 1. The number of hydrogen-bond donors (Lipinski definition) is 2. The monoisotopic (exact) mass is 227 g/mol. The Labute approximate surface area is 98.6 Å². The molecule has 5 atom stereocenters. The summed E-state index contributed by atoms with van der Waals surface area (Å²) in [6, 6.07) is 0.745. The molecule has 2 aliphatic rings. The molecule has 1 aliphatic heterocycles. The average Bonchev–Trinajstić information content (AvgIpc) is 2.67. The fourth-order valence-corrected chi connectivity index (χ4v) is 3.15. The minimum Gasteiger partial charge on any atom is -0.389 e. The molecule has 2 fully saturated rings. The summed E-state index contributed by atoms with van der Waals surface area (Å²) in [5, 5.41) is 13.4. The summed E-state index contributed by atoms with van der Waals surface area (Å²) >= 11 is 0. The normalized spacial score (nSPS) is 44.8. The highest BCUT2D eigenvalue weighted by Crippen LogP contribution is 2.31. The van der Waals surface area contributed by atoms with E-state index in [1.165, 1.54) is 25.7 Å². The lowest BCUT2D eigenvalue weighted by atomic mass is 9.77. The van der Waals surface area contributed by atoms with E-state index in [4.69, 9.17) is 4.74 Å². The Morgan fingerprint density at radius 1 is 1.25 bits per heavy atom. The minimum atomic E-state index is -0.308. The van der Waals surface area contributed by atoms with E-state index >= 15 is 0 Å². The van der Waals surface area contributed by atoms with Crippen LogP contribution in [0.2, 0.25) is 0 Å². The standard InChI is InChI=1S/C13H25NO2/c1-3-10-6-9(2)4-5-11(10)14-12-7-16-8-13(12)15/h9-15H,3-8H2,1-2H3. The van der Waals surface area contributed by atoms with Crippen molar-refractivity contribution in [2.24, 2.45) is 11.8 Å². The highest BCUT2D eigenvalue weighted by atomic mass is 16.5. The van der Waals surface area contributed by atoms with Gasteiger partial charge in [0.05, 0.1) is 25.4 Å². The third-order valence-corrected chi connectivity index (χ3v) is 4.25. The van der Waals surface area contributed by atoms with Crippen LogP contribution in [0.15, 0.2) is 0 Å². The molecule has 0 radical (unpaired) electrons. The Kier molecular flexibility index (Phi) is 4.22. The predicted molar refractivity (Wildman–Crippen MR) is 64.3 cm³/mol. The number of rotatable bonds is 3. The zero-order chi connectivity index (χ0) is 11.5. The number of hydrogen-bond acceptors (Lipinski definition) is 3. The van der Waals surface area contributed by atoms with Crippen molar-refractivity contribution in [3.8, 4) is 0 Å². The third-order valence-electron chi connectivity index (χ3n) is 4.25. The number of aliphatic hydroxyl groups is 1. The van der Waals surface area contributed by atoms with Gasteiger partial charge in [0.25, 0.3) is 0 Å². The van der Waals surface area contributed by atoms with Crippen molar-refractivity contribution >= 4 is 0 Å². The van der Waals surface area contributed by atoms with E-state index in [9.17, 15) is 5.11 Å². The molecule has 16 heavy (non-hydrogen) atoms. The first kappa shape index (κ1) is 12.3. The van der Waals surface area contributed by atoms with Gasteiger partial charge in [-0.3, -0.25) is 0 Å². The summed E-state index contributed by atoms with van der Waals surface area (Å²) < 4.78 is 5.29. The van der Waals surface area contributed by atoms with E-state index in [2.05, 4.69) is 19.2 Å². The van der Waals surface area contributed by atoms with Crippen LogP contribution in [0.5, 0.6) is 0 Å². The van der Waals surface area contributed by atoms with E-state index in [0.29, 0.717) is 19.3 Å². The van der Waals surface area contributed by atoms with Crippen molar-refractivity contribution in [2.75, 3.05) is 13.2 Å². The van der Waals surface area contributed by atoms with Gasteiger partial charge in [-0.2, -0.15) is 0 Å². The molecule has 0 aromatic rings. The quantitative estimate of drug-likeness (QED) is 0.768. The lowest BCUT2D eigenvalue weighted by Gasteiger charge is -2.37. The molecule has 2 rings (SSSR count). The molecule has 1 saturated carbocycles. The Balaban J connectivity index is 1.87. The summed E-state index contributed by atoms with van der Waals surface area (Å²) in [5.74, 6) is 1.64. The first-order valence-electron chi connectivity index (χ1n) is 6.72. The van der Waals surface area contributed by atoms with Crippen LogP contribution < -0.4 is 5.32 Å². The van der Waals surface area contributed by atoms with Crippen molar-refractivity contribution in [1.29, 1.82) is 0 Å². The molecule has 1 heterocycles. The second-order valence-corrected chi connectivity index (χ2v) is 5.57. The summed E-state index contributed by atoms with van der Waals surface area (Å²) in [6.07, 6.45) is 4.83. The van der Waals surface area contributed by atoms with Crippen molar-refractivity contribution in [3.05, 3.63) is 0 Å². The molecule has 0 bridgehead atoms. The van der Waals surface area contributed by atoms with Crippen LogP contribution in [0.4, 0.5) is 0 Å². The Hall–Kier alpha value is -0.120. The van der Waals surface area contributed by atoms with Crippen LogP contribution in [0, 0.1) is 11.8 Å². The third kappa shape index (κ3) is 2.76. The van der Waals surface area contributed by atoms with Crippen LogP contribution in [0.3, 0.4) is 0 Å². The Morgan fingerprint density at radius 2 is 2.06 bits per heavy atom. The second-order valence-electron chi connectivity index (χ2n) is 5.57. The first-order valence-corrected chi connectivity index (χ1v) is 6.72. The number of aliphatic hydroxyl groups excluding tert-OH is 1. The van der Waals surface area contributed by atoms with Gasteiger partial charge in [-0.25, -0.2) is 0 Å². The van der Waals surface area contributed by atoms with Crippen LogP contribution in [-0.2, 0) is 4.74 Å². The van der Waals surface area contributed by atoms with Crippen molar-refractivity contribution in [3.63, 3.8) is 0 Å². The second kappa shape index (κ2) is 5.48. The molecular formula is C13H25NO2. The maximum Gasteiger partial charge on any atom is 0.0948 e. The van der Waals surface area contributed by atoms with Crippen LogP contribution in [0.1, 0.15) is 39.5 Å². The molecule has 0 aromatic heterocycles. The highest BCUT2D eigenvalue weighted by molar-refractivity contribution is 4.89. The van der Waals surface area contributed by atoms with E-state index in [-0.39, 0.29) is 12.1 Å².